The molecular weight excluding hydrogens is 307 g/mol. The highest BCUT2D eigenvalue weighted by atomic mass is 19.4. The summed E-state index contributed by atoms with van der Waals surface area (Å²) >= 11 is 0. The van der Waals surface area contributed by atoms with Gasteiger partial charge >= 0.3 is 6.18 Å². The van der Waals surface area contributed by atoms with Gasteiger partial charge in [-0.3, -0.25) is 9.58 Å². The lowest BCUT2D eigenvalue weighted by Gasteiger charge is -2.26. The second-order valence-corrected chi connectivity index (χ2v) is 7.04. The third-order valence-electron chi connectivity index (χ3n) is 5.18. The number of halogens is 3. The number of rotatable bonds is 3. The van der Waals surface area contributed by atoms with Crippen molar-refractivity contribution >= 4 is 0 Å². The quantitative estimate of drug-likeness (QED) is 0.926. The van der Waals surface area contributed by atoms with E-state index in [0.717, 1.165) is 24.1 Å². The van der Waals surface area contributed by atoms with Crippen LogP contribution in [0.4, 0.5) is 13.2 Å². The molecule has 1 aliphatic carbocycles. The average Bonchev–Trinajstić information content (AvgIpc) is 3.04. The Kier molecular flexibility index (Phi) is 4.44. The van der Waals surface area contributed by atoms with E-state index in [1.165, 1.54) is 19.3 Å². The number of aromatic nitrogens is 2. The van der Waals surface area contributed by atoms with E-state index in [0.29, 0.717) is 12.5 Å². The Labute approximate surface area is 134 Å². The van der Waals surface area contributed by atoms with Crippen molar-refractivity contribution in [2.45, 2.75) is 62.8 Å². The van der Waals surface area contributed by atoms with Crippen LogP contribution in [0.1, 0.15) is 55.7 Å². The number of hydrogen-bond donors (Lipinski definition) is 1. The second kappa shape index (κ2) is 6.09. The van der Waals surface area contributed by atoms with Crippen LogP contribution in [0.15, 0.2) is 6.20 Å². The van der Waals surface area contributed by atoms with Crippen LogP contribution in [-0.4, -0.2) is 44.7 Å². The van der Waals surface area contributed by atoms with Gasteiger partial charge in [0.05, 0.1) is 5.69 Å². The van der Waals surface area contributed by atoms with Gasteiger partial charge in [-0.25, -0.2) is 0 Å². The summed E-state index contributed by atoms with van der Waals surface area (Å²) < 4.78 is 40.6. The first-order chi connectivity index (χ1) is 10.8. The number of nitrogens with zero attached hydrogens (tertiary/aromatic N) is 3. The summed E-state index contributed by atoms with van der Waals surface area (Å²) in [6, 6.07) is 0. The molecule has 1 saturated heterocycles. The lowest BCUT2D eigenvalue weighted by atomic mass is 9.85. The minimum Gasteiger partial charge on any atom is -0.379 e. The Bertz CT molecular complexity index is 551. The van der Waals surface area contributed by atoms with Gasteiger partial charge in [0.15, 0.2) is 5.60 Å². The van der Waals surface area contributed by atoms with Gasteiger partial charge in [0, 0.05) is 44.4 Å². The van der Waals surface area contributed by atoms with E-state index >= 15 is 0 Å². The van der Waals surface area contributed by atoms with Crippen LogP contribution in [0.25, 0.3) is 0 Å². The maximum atomic E-state index is 12.9. The zero-order valence-corrected chi connectivity index (χ0v) is 13.4. The Hall–Kier alpha value is -1.08. The number of aryl methyl sites for hydroxylation is 1. The van der Waals surface area contributed by atoms with Crippen molar-refractivity contribution in [2.24, 2.45) is 7.05 Å². The van der Waals surface area contributed by atoms with Gasteiger partial charge in [-0.2, -0.15) is 18.3 Å². The average molecular weight is 331 g/mol. The summed E-state index contributed by atoms with van der Waals surface area (Å²) in [6.07, 6.45) is 2.94. The molecule has 1 saturated carbocycles. The first-order valence-electron chi connectivity index (χ1n) is 8.32. The van der Waals surface area contributed by atoms with E-state index in [1.807, 2.05) is 13.2 Å². The molecule has 23 heavy (non-hydrogen) atoms. The maximum Gasteiger partial charge on any atom is 0.418 e. The summed E-state index contributed by atoms with van der Waals surface area (Å²) in [6.45, 7) is 0.336. The Morgan fingerprint density at radius 1 is 1.30 bits per heavy atom. The minimum absolute atomic E-state index is 0.254. The second-order valence-electron chi connectivity index (χ2n) is 7.04. The lowest BCUT2D eigenvalue weighted by molar-refractivity contribution is -0.254. The highest BCUT2D eigenvalue weighted by Crippen LogP contribution is 2.39. The van der Waals surface area contributed by atoms with Crippen LogP contribution in [0.2, 0.25) is 0 Å². The SMILES string of the molecule is Cn1cc(CN2CC[C@](O)(C(F)(F)F)C2)c(C2CCCCC2)n1. The number of aliphatic hydroxyl groups is 1. The molecule has 4 nitrogen and oxygen atoms in total. The molecule has 2 fully saturated rings. The standard InChI is InChI=1S/C16H24F3N3O/c1-21-9-13(14(20-21)12-5-3-2-4-6-12)10-22-8-7-15(23,11-22)16(17,18)19/h9,12,23H,2-8,10-11H2,1H3/t15-/m1/s1. The fraction of sp³-hybridized carbons (Fsp3) is 0.812. The van der Waals surface area contributed by atoms with Crippen LogP contribution >= 0.6 is 0 Å². The monoisotopic (exact) mass is 331 g/mol. The lowest BCUT2D eigenvalue weighted by Crippen LogP contribution is -2.47. The predicted molar refractivity (Wildman–Crippen MR) is 79.9 cm³/mol. The molecule has 1 N–H and O–H groups in total. The topological polar surface area (TPSA) is 41.3 Å². The van der Waals surface area contributed by atoms with E-state index in [4.69, 9.17) is 0 Å². The largest absolute Gasteiger partial charge is 0.418 e. The summed E-state index contributed by atoms with van der Waals surface area (Å²) in [5.74, 6) is 0.420. The molecule has 130 valence electrons. The third kappa shape index (κ3) is 3.40. The van der Waals surface area contributed by atoms with Crippen molar-refractivity contribution in [2.75, 3.05) is 13.1 Å². The van der Waals surface area contributed by atoms with Gasteiger partial charge in [0.1, 0.15) is 0 Å². The highest BCUT2D eigenvalue weighted by molar-refractivity contribution is 5.22. The van der Waals surface area contributed by atoms with E-state index in [9.17, 15) is 18.3 Å². The van der Waals surface area contributed by atoms with Crippen LogP contribution in [0.3, 0.4) is 0 Å². The van der Waals surface area contributed by atoms with E-state index in [-0.39, 0.29) is 19.5 Å². The van der Waals surface area contributed by atoms with Crippen molar-refractivity contribution < 1.29 is 18.3 Å². The van der Waals surface area contributed by atoms with Gasteiger partial charge in [-0.15, -0.1) is 0 Å². The molecule has 2 aliphatic rings. The van der Waals surface area contributed by atoms with Crippen molar-refractivity contribution in [3.05, 3.63) is 17.5 Å². The molecule has 1 aliphatic heterocycles. The molecular formula is C16H24F3N3O. The molecule has 1 aromatic rings. The van der Waals surface area contributed by atoms with Gasteiger partial charge in [0.25, 0.3) is 0 Å². The highest BCUT2D eigenvalue weighted by Gasteiger charge is 2.56. The van der Waals surface area contributed by atoms with Crippen LogP contribution in [0, 0.1) is 0 Å². The molecule has 0 amide bonds. The molecule has 1 aromatic heterocycles. The van der Waals surface area contributed by atoms with E-state index in [2.05, 4.69) is 5.10 Å². The summed E-state index contributed by atoms with van der Waals surface area (Å²) in [5, 5.41) is 14.4. The van der Waals surface area contributed by atoms with Crippen molar-refractivity contribution in [1.82, 2.24) is 14.7 Å². The van der Waals surface area contributed by atoms with E-state index < -0.39 is 11.8 Å². The normalized spacial score (nSPS) is 27.7. The summed E-state index contributed by atoms with van der Waals surface area (Å²) in [5.41, 5.74) is -0.527. The first kappa shape index (κ1) is 16.8. The fourth-order valence-electron chi connectivity index (χ4n) is 3.87. The molecule has 0 aromatic carbocycles. The molecule has 0 radical (unpaired) electrons. The molecule has 7 heteroatoms. The molecule has 1 atom stereocenters. The predicted octanol–water partition coefficient (Wildman–Crippen LogP) is 2.97. The Morgan fingerprint density at radius 3 is 2.61 bits per heavy atom. The fourth-order valence-corrected chi connectivity index (χ4v) is 3.87. The smallest absolute Gasteiger partial charge is 0.379 e. The Balaban J connectivity index is 1.71. The zero-order chi connectivity index (χ0) is 16.7. The first-order valence-corrected chi connectivity index (χ1v) is 8.32. The summed E-state index contributed by atoms with van der Waals surface area (Å²) in [7, 11) is 1.85. The number of likely N-dealkylation sites (tertiary alicyclic amines) is 1. The van der Waals surface area contributed by atoms with Crippen LogP contribution in [-0.2, 0) is 13.6 Å². The van der Waals surface area contributed by atoms with Gasteiger partial charge < -0.3 is 5.11 Å². The van der Waals surface area contributed by atoms with Gasteiger partial charge in [-0.1, -0.05) is 19.3 Å². The maximum absolute atomic E-state index is 12.9. The molecule has 2 heterocycles. The zero-order valence-electron chi connectivity index (χ0n) is 13.4. The van der Waals surface area contributed by atoms with Crippen LogP contribution in [0.5, 0.6) is 0 Å². The Morgan fingerprint density at radius 2 is 2.00 bits per heavy atom. The molecule has 0 bridgehead atoms. The number of β-amino-alcohol motifs (C(OH)–C–C–N with tert-alkyl or cyclic N) is 1. The van der Waals surface area contributed by atoms with Gasteiger partial charge in [0.2, 0.25) is 0 Å². The van der Waals surface area contributed by atoms with Gasteiger partial charge in [-0.05, 0) is 19.3 Å². The molecule has 0 spiro atoms. The van der Waals surface area contributed by atoms with Crippen molar-refractivity contribution in [3.63, 3.8) is 0 Å². The number of hydrogen-bond acceptors (Lipinski definition) is 3. The minimum atomic E-state index is -4.57. The van der Waals surface area contributed by atoms with Crippen LogP contribution < -0.4 is 0 Å². The van der Waals surface area contributed by atoms with Crippen molar-refractivity contribution in [1.29, 1.82) is 0 Å². The third-order valence-corrected chi connectivity index (χ3v) is 5.18. The van der Waals surface area contributed by atoms with E-state index in [1.54, 1.807) is 9.58 Å². The molecule has 3 rings (SSSR count). The summed E-state index contributed by atoms with van der Waals surface area (Å²) in [4.78, 5) is 1.69. The number of alkyl halides is 3. The molecule has 0 unspecified atom stereocenters. The van der Waals surface area contributed by atoms with Crippen molar-refractivity contribution in [3.8, 4) is 0 Å².